The molecule has 90 valence electrons. The van der Waals surface area contributed by atoms with Gasteiger partial charge >= 0.3 is 0 Å². The van der Waals surface area contributed by atoms with Crippen LogP contribution in [-0.4, -0.2) is 12.2 Å². The van der Waals surface area contributed by atoms with E-state index in [9.17, 15) is 0 Å². The standard InChI is InChI=1S/C15H24O/c1-9-8-14-12-6-2-4-10(12)11-5-3-7-13(11)15(14)16-9/h9-15H,2-8H2,1H3. The molecular formula is C15H24O. The molecule has 0 bridgehead atoms. The molecule has 4 aliphatic rings. The Morgan fingerprint density at radius 2 is 1.31 bits per heavy atom. The van der Waals surface area contributed by atoms with Crippen molar-refractivity contribution in [3.8, 4) is 0 Å². The van der Waals surface area contributed by atoms with E-state index in [0.29, 0.717) is 12.2 Å². The zero-order valence-corrected chi connectivity index (χ0v) is 10.4. The van der Waals surface area contributed by atoms with Crippen LogP contribution in [0.15, 0.2) is 0 Å². The van der Waals surface area contributed by atoms with Gasteiger partial charge in [-0.25, -0.2) is 0 Å². The van der Waals surface area contributed by atoms with E-state index >= 15 is 0 Å². The summed E-state index contributed by atoms with van der Waals surface area (Å²) >= 11 is 0. The molecule has 3 aliphatic carbocycles. The molecule has 3 saturated carbocycles. The minimum Gasteiger partial charge on any atom is -0.375 e. The van der Waals surface area contributed by atoms with Gasteiger partial charge in [-0.3, -0.25) is 0 Å². The molecule has 0 aromatic carbocycles. The molecule has 1 heterocycles. The van der Waals surface area contributed by atoms with E-state index in [4.69, 9.17) is 4.74 Å². The Balaban J connectivity index is 1.69. The number of hydrogen-bond donors (Lipinski definition) is 0. The van der Waals surface area contributed by atoms with Gasteiger partial charge in [0, 0.05) is 0 Å². The van der Waals surface area contributed by atoms with Crippen molar-refractivity contribution in [3.05, 3.63) is 0 Å². The first-order valence-electron chi connectivity index (χ1n) is 7.50. The van der Waals surface area contributed by atoms with Gasteiger partial charge in [0.05, 0.1) is 12.2 Å². The van der Waals surface area contributed by atoms with Gasteiger partial charge in [0.15, 0.2) is 0 Å². The van der Waals surface area contributed by atoms with Crippen molar-refractivity contribution in [2.45, 2.75) is 64.1 Å². The predicted octanol–water partition coefficient (Wildman–Crippen LogP) is 3.63. The van der Waals surface area contributed by atoms with E-state index in [2.05, 4.69) is 6.92 Å². The van der Waals surface area contributed by atoms with E-state index in [1.807, 2.05) is 0 Å². The van der Waals surface area contributed by atoms with E-state index in [-0.39, 0.29) is 0 Å². The lowest BCUT2D eigenvalue weighted by atomic mass is 9.62. The summed E-state index contributed by atoms with van der Waals surface area (Å²) in [7, 11) is 0. The summed E-state index contributed by atoms with van der Waals surface area (Å²) in [6.45, 7) is 2.30. The summed E-state index contributed by atoms with van der Waals surface area (Å²) in [6.07, 6.45) is 11.6. The van der Waals surface area contributed by atoms with Gasteiger partial charge in [-0.2, -0.15) is 0 Å². The molecule has 7 unspecified atom stereocenters. The van der Waals surface area contributed by atoms with Crippen molar-refractivity contribution in [2.24, 2.45) is 29.6 Å². The van der Waals surface area contributed by atoms with Crippen LogP contribution in [0.3, 0.4) is 0 Å². The molecule has 7 atom stereocenters. The molecule has 0 N–H and O–H groups in total. The van der Waals surface area contributed by atoms with Crippen LogP contribution >= 0.6 is 0 Å². The molecule has 0 amide bonds. The largest absolute Gasteiger partial charge is 0.375 e. The summed E-state index contributed by atoms with van der Waals surface area (Å²) in [5, 5.41) is 0. The van der Waals surface area contributed by atoms with E-state index in [1.54, 1.807) is 6.42 Å². The van der Waals surface area contributed by atoms with Gasteiger partial charge in [-0.05, 0) is 68.6 Å². The number of ether oxygens (including phenoxy) is 1. The molecule has 0 aromatic heterocycles. The molecule has 4 fully saturated rings. The van der Waals surface area contributed by atoms with Crippen molar-refractivity contribution in [3.63, 3.8) is 0 Å². The Bertz CT molecular complexity index is 259. The van der Waals surface area contributed by atoms with Crippen LogP contribution in [0.1, 0.15) is 51.9 Å². The van der Waals surface area contributed by atoms with E-state index < -0.39 is 0 Å². The fourth-order valence-electron chi connectivity index (χ4n) is 5.82. The maximum atomic E-state index is 6.29. The SMILES string of the molecule is CC1CC2C3CCCC3C3CCCC3C2O1. The zero-order valence-electron chi connectivity index (χ0n) is 10.4. The first kappa shape index (κ1) is 9.94. The van der Waals surface area contributed by atoms with Crippen LogP contribution in [0.25, 0.3) is 0 Å². The van der Waals surface area contributed by atoms with Gasteiger partial charge in [-0.1, -0.05) is 12.8 Å². The lowest BCUT2D eigenvalue weighted by molar-refractivity contribution is -0.0598. The predicted molar refractivity (Wildman–Crippen MR) is 64.1 cm³/mol. The summed E-state index contributed by atoms with van der Waals surface area (Å²) in [4.78, 5) is 0. The van der Waals surface area contributed by atoms with Gasteiger partial charge in [-0.15, -0.1) is 0 Å². The number of fused-ring (bicyclic) bond motifs is 6. The molecule has 0 spiro atoms. The Morgan fingerprint density at radius 1 is 0.750 bits per heavy atom. The van der Waals surface area contributed by atoms with Crippen LogP contribution in [0.2, 0.25) is 0 Å². The zero-order chi connectivity index (χ0) is 10.7. The Kier molecular flexibility index (Phi) is 2.16. The highest BCUT2D eigenvalue weighted by Crippen LogP contribution is 2.59. The normalized spacial score (nSPS) is 59.4. The Labute approximate surface area is 98.9 Å². The van der Waals surface area contributed by atoms with Crippen LogP contribution in [0.4, 0.5) is 0 Å². The molecule has 0 radical (unpaired) electrons. The fraction of sp³-hybridized carbons (Fsp3) is 1.00. The summed E-state index contributed by atoms with van der Waals surface area (Å²) in [5.74, 6) is 5.10. The lowest BCUT2D eigenvalue weighted by Gasteiger charge is -2.44. The molecule has 1 nitrogen and oxygen atoms in total. The minimum absolute atomic E-state index is 0.551. The van der Waals surface area contributed by atoms with Crippen LogP contribution < -0.4 is 0 Å². The quantitative estimate of drug-likeness (QED) is 0.606. The third kappa shape index (κ3) is 1.21. The molecule has 16 heavy (non-hydrogen) atoms. The van der Waals surface area contributed by atoms with Gasteiger partial charge in [0.25, 0.3) is 0 Å². The molecular weight excluding hydrogens is 196 g/mol. The van der Waals surface area contributed by atoms with Crippen LogP contribution in [0, 0.1) is 29.6 Å². The monoisotopic (exact) mass is 220 g/mol. The van der Waals surface area contributed by atoms with Crippen molar-refractivity contribution < 1.29 is 4.74 Å². The topological polar surface area (TPSA) is 9.23 Å². The van der Waals surface area contributed by atoms with Crippen molar-refractivity contribution >= 4 is 0 Å². The van der Waals surface area contributed by atoms with Crippen LogP contribution in [0.5, 0.6) is 0 Å². The summed E-state index contributed by atoms with van der Waals surface area (Å²) in [6, 6.07) is 0. The number of hydrogen-bond acceptors (Lipinski definition) is 1. The first-order chi connectivity index (χ1) is 7.84. The van der Waals surface area contributed by atoms with Gasteiger partial charge < -0.3 is 4.74 Å². The maximum Gasteiger partial charge on any atom is 0.0641 e. The average molecular weight is 220 g/mol. The minimum atomic E-state index is 0.551. The van der Waals surface area contributed by atoms with Crippen molar-refractivity contribution in [1.82, 2.24) is 0 Å². The van der Waals surface area contributed by atoms with Crippen molar-refractivity contribution in [2.75, 3.05) is 0 Å². The highest BCUT2D eigenvalue weighted by atomic mass is 16.5. The van der Waals surface area contributed by atoms with E-state index in [1.165, 1.54) is 38.5 Å². The second-order valence-corrected chi connectivity index (χ2v) is 6.83. The highest BCUT2D eigenvalue weighted by molar-refractivity contribution is 5.04. The third-order valence-electron chi connectivity index (χ3n) is 6.19. The van der Waals surface area contributed by atoms with Crippen LogP contribution in [-0.2, 0) is 4.74 Å². The second kappa shape index (κ2) is 3.48. The molecule has 4 rings (SSSR count). The maximum absolute atomic E-state index is 6.29. The Morgan fingerprint density at radius 3 is 2.06 bits per heavy atom. The fourth-order valence-corrected chi connectivity index (χ4v) is 5.82. The van der Waals surface area contributed by atoms with Crippen molar-refractivity contribution in [1.29, 1.82) is 0 Å². The smallest absolute Gasteiger partial charge is 0.0641 e. The molecule has 1 aliphatic heterocycles. The lowest BCUT2D eigenvalue weighted by Crippen LogP contribution is -2.43. The molecule has 0 aromatic rings. The first-order valence-corrected chi connectivity index (χ1v) is 7.50. The summed E-state index contributed by atoms with van der Waals surface area (Å²) in [5.41, 5.74) is 0. The average Bonchev–Trinajstić information content (AvgIpc) is 2.91. The highest BCUT2D eigenvalue weighted by Gasteiger charge is 2.55. The molecule has 1 heteroatoms. The summed E-state index contributed by atoms with van der Waals surface area (Å²) < 4.78 is 6.29. The third-order valence-corrected chi connectivity index (χ3v) is 6.19. The van der Waals surface area contributed by atoms with Gasteiger partial charge in [0.2, 0.25) is 0 Å². The Hall–Kier alpha value is -0.0400. The van der Waals surface area contributed by atoms with Gasteiger partial charge in [0.1, 0.15) is 0 Å². The van der Waals surface area contributed by atoms with E-state index in [0.717, 1.165) is 29.6 Å². The second-order valence-electron chi connectivity index (χ2n) is 6.83. The number of rotatable bonds is 0. The molecule has 1 saturated heterocycles.